The van der Waals surface area contributed by atoms with E-state index in [-0.39, 0.29) is 0 Å². The molecule has 1 atom stereocenters. The third-order valence-electron chi connectivity index (χ3n) is 3.76. The van der Waals surface area contributed by atoms with Crippen LogP contribution in [0.4, 0.5) is 0 Å². The maximum Gasteiger partial charge on any atom is 0.0600 e. The summed E-state index contributed by atoms with van der Waals surface area (Å²) in [4.78, 5) is 2.74. The Labute approximate surface area is 88.1 Å². The molecular weight excluding hydrogens is 172 g/mol. The fourth-order valence-electron chi connectivity index (χ4n) is 3.02. The first-order chi connectivity index (χ1) is 6.92. The molecule has 1 aliphatic heterocycles. The minimum atomic E-state index is 0.697. The van der Waals surface area contributed by atoms with Crippen molar-refractivity contribution in [3.05, 3.63) is 0 Å². The van der Waals surface area contributed by atoms with E-state index in [0.717, 1.165) is 6.04 Å². The Balaban J connectivity index is 1.87. The van der Waals surface area contributed by atoms with Crippen LogP contribution in [0.15, 0.2) is 0 Å². The molecule has 1 saturated carbocycles. The molecule has 0 aromatic carbocycles. The van der Waals surface area contributed by atoms with Gasteiger partial charge in [-0.1, -0.05) is 32.6 Å². The summed E-state index contributed by atoms with van der Waals surface area (Å²) in [7, 11) is 0. The summed E-state index contributed by atoms with van der Waals surface area (Å²) in [6, 6.07) is 0.898. The predicted octanol–water partition coefficient (Wildman–Crippen LogP) is 2.35. The lowest BCUT2D eigenvalue weighted by atomic mass is 9.94. The minimum Gasteiger partial charge on any atom is -0.300 e. The third-order valence-corrected chi connectivity index (χ3v) is 3.76. The van der Waals surface area contributed by atoms with Gasteiger partial charge in [-0.25, -0.2) is 0 Å². The van der Waals surface area contributed by atoms with Crippen LogP contribution in [-0.4, -0.2) is 30.2 Å². The van der Waals surface area contributed by atoms with E-state index < -0.39 is 0 Å². The smallest absolute Gasteiger partial charge is 0.0600 e. The zero-order valence-corrected chi connectivity index (χ0v) is 9.47. The Kier molecular flexibility index (Phi) is 3.82. The Bertz CT molecular complexity index is 164. The Morgan fingerprint density at radius 2 is 2.00 bits per heavy atom. The number of hydrogen-bond donors (Lipinski definition) is 1. The van der Waals surface area contributed by atoms with Crippen LogP contribution in [0.25, 0.3) is 0 Å². The van der Waals surface area contributed by atoms with Crippen molar-refractivity contribution in [3.8, 4) is 0 Å². The second-order valence-corrected chi connectivity index (χ2v) is 4.79. The van der Waals surface area contributed by atoms with Crippen molar-refractivity contribution in [2.45, 2.75) is 64.1 Å². The maximum absolute atomic E-state index is 3.63. The van der Waals surface area contributed by atoms with Gasteiger partial charge in [0.05, 0.1) is 6.17 Å². The molecule has 2 fully saturated rings. The van der Waals surface area contributed by atoms with Crippen molar-refractivity contribution in [3.63, 3.8) is 0 Å². The SMILES string of the molecule is CCCC1NCCN1C1CCCCC1. The molecule has 2 nitrogen and oxygen atoms in total. The maximum atomic E-state index is 3.63. The molecule has 2 heteroatoms. The first kappa shape index (κ1) is 10.4. The molecule has 1 heterocycles. The predicted molar refractivity (Wildman–Crippen MR) is 60.3 cm³/mol. The zero-order chi connectivity index (χ0) is 9.80. The highest BCUT2D eigenvalue weighted by molar-refractivity contribution is 4.85. The molecule has 2 aliphatic rings. The third kappa shape index (κ3) is 2.29. The van der Waals surface area contributed by atoms with Crippen molar-refractivity contribution in [2.24, 2.45) is 0 Å². The molecule has 0 spiro atoms. The van der Waals surface area contributed by atoms with E-state index in [4.69, 9.17) is 0 Å². The van der Waals surface area contributed by atoms with Crippen molar-refractivity contribution in [1.82, 2.24) is 10.2 Å². The van der Waals surface area contributed by atoms with Gasteiger partial charge >= 0.3 is 0 Å². The summed E-state index contributed by atoms with van der Waals surface area (Å²) in [6.45, 7) is 4.79. The zero-order valence-electron chi connectivity index (χ0n) is 9.47. The summed E-state index contributed by atoms with van der Waals surface area (Å²) < 4.78 is 0. The molecule has 1 saturated heterocycles. The van der Waals surface area contributed by atoms with Gasteiger partial charge in [-0.2, -0.15) is 0 Å². The van der Waals surface area contributed by atoms with E-state index in [1.54, 1.807) is 0 Å². The summed E-state index contributed by atoms with van der Waals surface area (Å²) >= 11 is 0. The van der Waals surface area contributed by atoms with Crippen LogP contribution in [0.1, 0.15) is 51.9 Å². The van der Waals surface area contributed by atoms with Gasteiger partial charge in [-0.05, 0) is 19.3 Å². The van der Waals surface area contributed by atoms with Gasteiger partial charge in [-0.3, -0.25) is 4.90 Å². The fraction of sp³-hybridized carbons (Fsp3) is 1.00. The lowest BCUT2D eigenvalue weighted by molar-refractivity contribution is 0.129. The molecule has 1 N–H and O–H groups in total. The van der Waals surface area contributed by atoms with Gasteiger partial charge in [0.2, 0.25) is 0 Å². The molecule has 0 amide bonds. The Morgan fingerprint density at radius 1 is 1.21 bits per heavy atom. The second-order valence-electron chi connectivity index (χ2n) is 4.79. The summed E-state index contributed by atoms with van der Waals surface area (Å²) in [5.41, 5.74) is 0. The molecular formula is C12H24N2. The topological polar surface area (TPSA) is 15.3 Å². The molecule has 0 aromatic rings. The van der Waals surface area contributed by atoms with Gasteiger partial charge in [-0.15, -0.1) is 0 Å². The van der Waals surface area contributed by atoms with Gasteiger partial charge in [0.1, 0.15) is 0 Å². The van der Waals surface area contributed by atoms with E-state index in [1.807, 2.05) is 0 Å². The molecule has 0 radical (unpaired) electrons. The van der Waals surface area contributed by atoms with Crippen LogP contribution in [-0.2, 0) is 0 Å². The average Bonchev–Trinajstić information content (AvgIpc) is 2.68. The highest BCUT2D eigenvalue weighted by Gasteiger charge is 2.30. The average molecular weight is 196 g/mol. The molecule has 1 unspecified atom stereocenters. The fourth-order valence-corrected chi connectivity index (χ4v) is 3.02. The van der Waals surface area contributed by atoms with Crippen LogP contribution in [0, 0.1) is 0 Å². The standard InChI is InChI=1S/C12H24N2/c1-2-6-12-13-9-10-14(12)11-7-4-3-5-8-11/h11-13H,2-10H2,1H3. The van der Waals surface area contributed by atoms with Crippen LogP contribution < -0.4 is 5.32 Å². The number of nitrogens with one attached hydrogen (secondary N) is 1. The molecule has 0 bridgehead atoms. The highest BCUT2D eigenvalue weighted by Crippen LogP contribution is 2.25. The normalized spacial score (nSPS) is 31.1. The Hall–Kier alpha value is -0.0800. The minimum absolute atomic E-state index is 0.697. The summed E-state index contributed by atoms with van der Waals surface area (Å²) in [6.07, 6.45) is 10.6. The number of nitrogens with zero attached hydrogens (tertiary/aromatic N) is 1. The van der Waals surface area contributed by atoms with Crippen LogP contribution in [0.2, 0.25) is 0 Å². The summed E-state index contributed by atoms with van der Waals surface area (Å²) in [5.74, 6) is 0. The number of hydrogen-bond acceptors (Lipinski definition) is 2. The van der Waals surface area contributed by atoms with E-state index in [1.165, 1.54) is 58.0 Å². The Morgan fingerprint density at radius 3 is 2.71 bits per heavy atom. The lowest BCUT2D eigenvalue weighted by Gasteiger charge is -2.35. The van der Waals surface area contributed by atoms with Crippen molar-refractivity contribution in [1.29, 1.82) is 0 Å². The largest absolute Gasteiger partial charge is 0.300 e. The lowest BCUT2D eigenvalue weighted by Crippen LogP contribution is -2.43. The van der Waals surface area contributed by atoms with E-state index >= 15 is 0 Å². The van der Waals surface area contributed by atoms with Crippen LogP contribution >= 0.6 is 0 Å². The first-order valence-corrected chi connectivity index (χ1v) is 6.41. The van der Waals surface area contributed by atoms with Gasteiger partial charge in [0.25, 0.3) is 0 Å². The molecule has 14 heavy (non-hydrogen) atoms. The summed E-state index contributed by atoms with van der Waals surface area (Å²) in [5, 5.41) is 3.63. The van der Waals surface area contributed by atoms with Crippen molar-refractivity contribution < 1.29 is 0 Å². The van der Waals surface area contributed by atoms with Gasteiger partial charge in [0, 0.05) is 19.1 Å². The van der Waals surface area contributed by atoms with Crippen LogP contribution in [0.5, 0.6) is 0 Å². The quantitative estimate of drug-likeness (QED) is 0.745. The monoisotopic (exact) mass is 196 g/mol. The van der Waals surface area contributed by atoms with Crippen molar-refractivity contribution >= 4 is 0 Å². The molecule has 0 aromatic heterocycles. The first-order valence-electron chi connectivity index (χ1n) is 6.41. The number of rotatable bonds is 3. The van der Waals surface area contributed by atoms with E-state index in [9.17, 15) is 0 Å². The second kappa shape index (κ2) is 5.13. The highest BCUT2D eigenvalue weighted by atomic mass is 15.3. The molecule has 82 valence electrons. The van der Waals surface area contributed by atoms with E-state index in [0.29, 0.717) is 6.17 Å². The van der Waals surface area contributed by atoms with Crippen molar-refractivity contribution in [2.75, 3.05) is 13.1 Å². The van der Waals surface area contributed by atoms with E-state index in [2.05, 4.69) is 17.1 Å². The van der Waals surface area contributed by atoms with Gasteiger partial charge < -0.3 is 5.32 Å². The molecule has 2 rings (SSSR count). The molecule has 1 aliphatic carbocycles. The van der Waals surface area contributed by atoms with Crippen LogP contribution in [0.3, 0.4) is 0 Å². The van der Waals surface area contributed by atoms with Gasteiger partial charge in [0.15, 0.2) is 0 Å².